The molecule has 0 aliphatic carbocycles. The van der Waals surface area contributed by atoms with Crippen molar-refractivity contribution in [2.24, 2.45) is 0 Å². The van der Waals surface area contributed by atoms with Crippen molar-refractivity contribution >= 4 is 39.1 Å². The Morgan fingerprint density at radius 1 is 1.05 bits per heavy atom. The molecule has 0 unspecified atom stereocenters. The van der Waals surface area contributed by atoms with Gasteiger partial charge < -0.3 is 16.0 Å². The Hall–Kier alpha value is -2.34. The van der Waals surface area contributed by atoms with E-state index in [1.54, 1.807) is 31.3 Å². The third-order valence-corrected chi connectivity index (χ3v) is 3.43. The smallest absolute Gasteiger partial charge is 0.251 e. The summed E-state index contributed by atoms with van der Waals surface area (Å²) < 4.78 is 0.947. The van der Waals surface area contributed by atoms with E-state index in [-0.39, 0.29) is 18.4 Å². The average Bonchev–Trinajstić information content (AvgIpc) is 2.53. The van der Waals surface area contributed by atoms with Crippen LogP contribution in [-0.2, 0) is 4.79 Å². The topological polar surface area (TPSA) is 70.2 Å². The van der Waals surface area contributed by atoms with E-state index < -0.39 is 0 Å². The zero-order chi connectivity index (χ0) is 15.9. The van der Waals surface area contributed by atoms with Crippen molar-refractivity contribution in [3.63, 3.8) is 0 Å². The van der Waals surface area contributed by atoms with Crippen LogP contribution in [0, 0.1) is 0 Å². The summed E-state index contributed by atoms with van der Waals surface area (Å²) in [5, 5.41) is 8.35. The van der Waals surface area contributed by atoms with E-state index in [2.05, 4.69) is 31.9 Å². The van der Waals surface area contributed by atoms with Gasteiger partial charge in [0, 0.05) is 28.5 Å². The molecule has 0 saturated carbocycles. The van der Waals surface area contributed by atoms with Crippen molar-refractivity contribution in [2.75, 3.05) is 24.2 Å². The van der Waals surface area contributed by atoms with Gasteiger partial charge in [0.1, 0.15) is 0 Å². The number of nitrogens with one attached hydrogen (secondary N) is 3. The lowest BCUT2D eigenvalue weighted by molar-refractivity contribution is -0.114. The van der Waals surface area contributed by atoms with Crippen LogP contribution < -0.4 is 16.0 Å². The zero-order valence-electron chi connectivity index (χ0n) is 12.0. The van der Waals surface area contributed by atoms with Crippen LogP contribution in [0.3, 0.4) is 0 Å². The minimum atomic E-state index is -0.160. The highest BCUT2D eigenvalue weighted by molar-refractivity contribution is 9.10. The summed E-state index contributed by atoms with van der Waals surface area (Å²) in [7, 11) is 1.58. The molecule has 0 bridgehead atoms. The molecule has 0 atom stereocenters. The number of rotatable bonds is 5. The van der Waals surface area contributed by atoms with Gasteiger partial charge in [0.25, 0.3) is 5.91 Å². The largest absolute Gasteiger partial charge is 0.376 e. The molecule has 0 heterocycles. The SMILES string of the molecule is CNC(=O)c1ccc(NC(=O)CNc2cccc(Br)c2)cc1. The number of carbonyl (C=O) groups is 2. The van der Waals surface area contributed by atoms with Crippen molar-refractivity contribution < 1.29 is 9.59 Å². The highest BCUT2D eigenvalue weighted by Gasteiger charge is 2.05. The van der Waals surface area contributed by atoms with Crippen LogP contribution in [0.25, 0.3) is 0 Å². The summed E-state index contributed by atoms with van der Waals surface area (Å²) in [6.45, 7) is 0.160. The van der Waals surface area contributed by atoms with E-state index in [9.17, 15) is 9.59 Å². The first-order valence-electron chi connectivity index (χ1n) is 6.70. The second kappa shape index (κ2) is 7.61. The second-order valence-corrected chi connectivity index (χ2v) is 5.48. The fourth-order valence-electron chi connectivity index (χ4n) is 1.84. The van der Waals surface area contributed by atoms with E-state index in [4.69, 9.17) is 0 Å². The Morgan fingerprint density at radius 2 is 1.77 bits per heavy atom. The van der Waals surface area contributed by atoms with Crippen LogP contribution in [-0.4, -0.2) is 25.4 Å². The van der Waals surface area contributed by atoms with E-state index in [0.717, 1.165) is 10.2 Å². The lowest BCUT2D eigenvalue weighted by Gasteiger charge is -2.08. The fourth-order valence-corrected chi connectivity index (χ4v) is 2.23. The van der Waals surface area contributed by atoms with Gasteiger partial charge in [0.05, 0.1) is 6.54 Å². The zero-order valence-corrected chi connectivity index (χ0v) is 13.6. The molecule has 114 valence electrons. The molecular weight excluding hydrogens is 346 g/mol. The number of hydrogen-bond acceptors (Lipinski definition) is 3. The Morgan fingerprint density at radius 3 is 2.41 bits per heavy atom. The number of amides is 2. The summed E-state index contributed by atoms with van der Waals surface area (Å²) in [5.41, 5.74) is 2.06. The van der Waals surface area contributed by atoms with E-state index in [1.807, 2.05) is 24.3 Å². The maximum Gasteiger partial charge on any atom is 0.251 e. The van der Waals surface area contributed by atoms with Crippen LogP contribution in [0.1, 0.15) is 10.4 Å². The lowest BCUT2D eigenvalue weighted by Crippen LogP contribution is -2.22. The van der Waals surface area contributed by atoms with E-state index in [0.29, 0.717) is 11.3 Å². The van der Waals surface area contributed by atoms with Crippen LogP contribution >= 0.6 is 15.9 Å². The first-order valence-corrected chi connectivity index (χ1v) is 7.49. The Labute approximate surface area is 137 Å². The quantitative estimate of drug-likeness (QED) is 0.766. The summed E-state index contributed by atoms with van der Waals surface area (Å²) in [5.74, 6) is -0.318. The molecule has 0 spiro atoms. The molecule has 0 aliphatic heterocycles. The molecule has 2 rings (SSSR count). The lowest BCUT2D eigenvalue weighted by atomic mass is 10.2. The number of anilines is 2. The van der Waals surface area contributed by atoms with Crippen molar-refractivity contribution in [1.82, 2.24) is 5.32 Å². The van der Waals surface area contributed by atoms with Gasteiger partial charge in [0.15, 0.2) is 0 Å². The van der Waals surface area contributed by atoms with Gasteiger partial charge in [-0.05, 0) is 42.5 Å². The molecule has 0 radical (unpaired) electrons. The van der Waals surface area contributed by atoms with Crippen molar-refractivity contribution in [3.05, 3.63) is 58.6 Å². The van der Waals surface area contributed by atoms with Crippen molar-refractivity contribution in [2.45, 2.75) is 0 Å². The predicted molar refractivity (Wildman–Crippen MR) is 91.1 cm³/mol. The van der Waals surface area contributed by atoms with Gasteiger partial charge in [-0.2, -0.15) is 0 Å². The Kier molecular flexibility index (Phi) is 5.55. The maximum absolute atomic E-state index is 11.9. The molecular formula is C16H16BrN3O2. The van der Waals surface area contributed by atoms with Crippen LogP contribution in [0.4, 0.5) is 11.4 Å². The first-order chi connectivity index (χ1) is 10.6. The molecule has 0 aliphatic rings. The summed E-state index contributed by atoms with van der Waals surface area (Å²) in [6, 6.07) is 14.3. The van der Waals surface area contributed by atoms with Crippen molar-refractivity contribution in [3.8, 4) is 0 Å². The Balaban J connectivity index is 1.88. The minimum absolute atomic E-state index is 0.158. The molecule has 5 nitrogen and oxygen atoms in total. The van der Waals surface area contributed by atoms with Crippen molar-refractivity contribution in [1.29, 1.82) is 0 Å². The number of hydrogen-bond donors (Lipinski definition) is 3. The predicted octanol–water partition coefficient (Wildman–Crippen LogP) is 2.86. The van der Waals surface area contributed by atoms with E-state index >= 15 is 0 Å². The van der Waals surface area contributed by atoms with Crippen LogP contribution in [0.15, 0.2) is 53.0 Å². The summed E-state index contributed by atoms with van der Waals surface area (Å²) in [6.07, 6.45) is 0. The molecule has 0 saturated heterocycles. The van der Waals surface area contributed by atoms with Crippen LogP contribution in [0.2, 0.25) is 0 Å². The highest BCUT2D eigenvalue weighted by Crippen LogP contribution is 2.15. The monoisotopic (exact) mass is 361 g/mol. The molecule has 22 heavy (non-hydrogen) atoms. The second-order valence-electron chi connectivity index (χ2n) is 4.57. The van der Waals surface area contributed by atoms with Gasteiger partial charge in [-0.3, -0.25) is 9.59 Å². The molecule has 3 N–H and O–H groups in total. The minimum Gasteiger partial charge on any atom is -0.376 e. The average molecular weight is 362 g/mol. The normalized spacial score (nSPS) is 9.91. The van der Waals surface area contributed by atoms with Gasteiger partial charge in [-0.15, -0.1) is 0 Å². The summed E-state index contributed by atoms with van der Waals surface area (Å²) in [4.78, 5) is 23.3. The molecule has 0 fully saturated rings. The molecule has 6 heteroatoms. The molecule has 2 amide bonds. The fraction of sp³-hybridized carbons (Fsp3) is 0.125. The third-order valence-electron chi connectivity index (χ3n) is 2.94. The van der Waals surface area contributed by atoms with Gasteiger partial charge in [-0.1, -0.05) is 22.0 Å². The molecule has 2 aromatic carbocycles. The number of carbonyl (C=O) groups excluding carboxylic acids is 2. The summed E-state index contributed by atoms with van der Waals surface area (Å²) >= 11 is 3.37. The molecule has 2 aromatic rings. The van der Waals surface area contributed by atoms with E-state index in [1.165, 1.54) is 0 Å². The standard InChI is InChI=1S/C16H16BrN3O2/c1-18-16(22)11-5-7-13(8-6-11)20-15(21)10-19-14-4-2-3-12(17)9-14/h2-9,19H,10H2,1H3,(H,18,22)(H,20,21). The molecule has 0 aromatic heterocycles. The maximum atomic E-state index is 11.9. The third kappa shape index (κ3) is 4.60. The number of benzene rings is 2. The number of halogens is 1. The van der Waals surface area contributed by atoms with Gasteiger partial charge >= 0.3 is 0 Å². The Bertz CT molecular complexity index is 671. The first kappa shape index (κ1) is 16.0. The van der Waals surface area contributed by atoms with Gasteiger partial charge in [-0.25, -0.2) is 0 Å². The highest BCUT2D eigenvalue weighted by atomic mass is 79.9. The van der Waals surface area contributed by atoms with Crippen LogP contribution in [0.5, 0.6) is 0 Å². The van der Waals surface area contributed by atoms with Gasteiger partial charge in [0.2, 0.25) is 5.91 Å².